The van der Waals surface area contributed by atoms with Gasteiger partial charge >= 0.3 is 6.01 Å². The normalized spacial score (nSPS) is 15.5. The monoisotopic (exact) mass is 265 g/mol. The van der Waals surface area contributed by atoms with E-state index in [9.17, 15) is 0 Å². The summed E-state index contributed by atoms with van der Waals surface area (Å²) in [7, 11) is 0. The molecule has 106 valence electrons. The molecule has 0 amide bonds. The Kier molecular flexibility index (Phi) is 5.18. The van der Waals surface area contributed by atoms with E-state index in [1.165, 1.54) is 25.7 Å². The minimum atomic E-state index is 0.386. The van der Waals surface area contributed by atoms with Gasteiger partial charge in [-0.25, -0.2) is 0 Å². The van der Waals surface area contributed by atoms with Crippen LogP contribution in [-0.2, 0) is 0 Å². The van der Waals surface area contributed by atoms with Crippen LogP contribution < -0.4 is 15.4 Å². The number of nitrogens with one attached hydrogen (secondary N) is 2. The Morgan fingerprint density at radius 2 is 1.84 bits per heavy atom. The van der Waals surface area contributed by atoms with Crippen molar-refractivity contribution in [2.75, 3.05) is 23.8 Å². The number of anilines is 2. The molecule has 1 aliphatic carbocycles. The highest BCUT2D eigenvalue weighted by atomic mass is 16.5. The first kappa shape index (κ1) is 13.8. The molecule has 1 aromatic rings. The largest absolute Gasteiger partial charge is 0.464 e. The second kappa shape index (κ2) is 7.11. The number of aromatic nitrogens is 3. The van der Waals surface area contributed by atoms with Crippen molar-refractivity contribution in [3.05, 3.63) is 0 Å². The van der Waals surface area contributed by atoms with Crippen LogP contribution >= 0.6 is 0 Å². The first-order chi connectivity index (χ1) is 9.31. The van der Waals surface area contributed by atoms with Crippen molar-refractivity contribution in [3.8, 4) is 6.01 Å². The van der Waals surface area contributed by atoms with E-state index in [0.29, 0.717) is 30.6 Å². The minimum absolute atomic E-state index is 0.386. The fraction of sp³-hybridized carbons (Fsp3) is 0.769. The lowest BCUT2D eigenvalue weighted by molar-refractivity contribution is 0.312. The van der Waals surface area contributed by atoms with Crippen LogP contribution in [0, 0.1) is 0 Å². The van der Waals surface area contributed by atoms with E-state index >= 15 is 0 Å². The smallest absolute Gasteiger partial charge is 0.323 e. The average Bonchev–Trinajstić information content (AvgIpc) is 2.89. The van der Waals surface area contributed by atoms with Crippen molar-refractivity contribution in [2.45, 2.75) is 52.0 Å². The van der Waals surface area contributed by atoms with Gasteiger partial charge < -0.3 is 15.4 Å². The number of ether oxygens (including phenoxy) is 1. The topological polar surface area (TPSA) is 72.0 Å². The lowest BCUT2D eigenvalue weighted by Gasteiger charge is -2.13. The second-order valence-corrected chi connectivity index (χ2v) is 4.75. The summed E-state index contributed by atoms with van der Waals surface area (Å²) < 4.78 is 5.39. The van der Waals surface area contributed by atoms with Crippen molar-refractivity contribution < 1.29 is 4.74 Å². The molecule has 0 atom stereocenters. The zero-order chi connectivity index (χ0) is 13.5. The molecule has 1 heterocycles. The molecule has 0 unspecified atom stereocenters. The Morgan fingerprint density at radius 1 is 1.11 bits per heavy atom. The summed E-state index contributed by atoms with van der Waals surface area (Å²) in [6, 6.07) is 0.868. The maximum absolute atomic E-state index is 5.39. The predicted octanol–water partition coefficient (Wildman–Crippen LogP) is 2.45. The molecule has 0 bridgehead atoms. The van der Waals surface area contributed by atoms with Crippen LogP contribution in [0.5, 0.6) is 6.01 Å². The Labute approximate surface area is 114 Å². The lowest BCUT2D eigenvalue weighted by Crippen LogP contribution is -2.18. The van der Waals surface area contributed by atoms with Gasteiger partial charge in [-0.05, 0) is 26.2 Å². The molecular weight excluding hydrogens is 242 g/mol. The highest BCUT2D eigenvalue weighted by Crippen LogP contribution is 2.21. The first-order valence-corrected chi connectivity index (χ1v) is 7.21. The number of nitrogens with zero attached hydrogens (tertiary/aromatic N) is 3. The van der Waals surface area contributed by atoms with Gasteiger partial charge in [0.25, 0.3) is 0 Å². The van der Waals surface area contributed by atoms with E-state index in [1.54, 1.807) is 0 Å². The van der Waals surface area contributed by atoms with Crippen molar-refractivity contribution in [2.24, 2.45) is 0 Å². The van der Waals surface area contributed by atoms with Gasteiger partial charge in [-0.3, -0.25) is 0 Å². The Hall–Kier alpha value is -1.59. The fourth-order valence-electron chi connectivity index (χ4n) is 2.18. The van der Waals surface area contributed by atoms with Crippen LogP contribution in [0.3, 0.4) is 0 Å². The van der Waals surface area contributed by atoms with E-state index in [4.69, 9.17) is 4.74 Å². The molecule has 0 aliphatic heterocycles. The maximum atomic E-state index is 5.39. The molecule has 1 saturated carbocycles. The first-order valence-electron chi connectivity index (χ1n) is 7.21. The summed E-state index contributed by atoms with van der Waals surface area (Å²) in [6.45, 7) is 5.43. The van der Waals surface area contributed by atoms with Crippen LogP contribution in [0.25, 0.3) is 0 Å². The third-order valence-corrected chi connectivity index (χ3v) is 3.11. The average molecular weight is 265 g/mol. The van der Waals surface area contributed by atoms with Crippen LogP contribution in [0.2, 0.25) is 0 Å². The summed E-state index contributed by atoms with van der Waals surface area (Å²) in [5, 5.41) is 6.55. The maximum Gasteiger partial charge on any atom is 0.323 e. The van der Waals surface area contributed by atoms with Crippen LogP contribution in [0.15, 0.2) is 0 Å². The molecule has 0 saturated heterocycles. The van der Waals surface area contributed by atoms with Gasteiger partial charge in [0.2, 0.25) is 11.9 Å². The van der Waals surface area contributed by atoms with E-state index in [2.05, 4.69) is 32.5 Å². The van der Waals surface area contributed by atoms with Gasteiger partial charge in [-0.15, -0.1) is 0 Å². The lowest BCUT2D eigenvalue weighted by atomic mass is 10.3. The molecule has 0 radical (unpaired) electrons. The molecule has 1 aliphatic rings. The van der Waals surface area contributed by atoms with Crippen molar-refractivity contribution >= 4 is 11.9 Å². The van der Waals surface area contributed by atoms with Gasteiger partial charge in [0.05, 0.1) is 6.61 Å². The van der Waals surface area contributed by atoms with E-state index < -0.39 is 0 Å². The van der Waals surface area contributed by atoms with Crippen molar-refractivity contribution in [1.29, 1.82) is 0 Å². The van der Waals surface area contributed by atoms with E-state index in [-0.39, 0.29) is 0 Å². The molecule has 6 heteroatoms. The summed E-state index contributed by atoms with van der Waals surface area (Å²) in [4.78, 5) is 12.9. The fourth-order valence-corrected chi connectivity index (χ4v) is 2.18. The van der Waals surface area contributed by atoms with E-state index in [1.807, 2.05) is 6.92 Å². The number of hydrogen-bond acceptors (Lipinski definition) is 6. The summed E-state index contributed by atoms with van der Waals surface area (Å²) in [5.74, 6) is 1.20. The van der Waals surface area contributed by atoms with Crippen LogP contribution in [0.1, 0.15) is 46.0 Å². The van der Waals surface area contributed by atoms with Gasteiger partial charge in [-0.2, -0.15) is 15.0 Å². The van der Waals surface area contributed by atoms with Crippen LogP contribution in [0.4, 0.5) is 11.9 Å². The zero-order valence-electron chi connectivity index (χ0n) is 11.8. The highest BCUT2D eigenvalue weighted by Gasteiger charge is 2.17. The number of rotatable bonds is 7. The second-order valence-electron chi connectivity index (χ2n) is 4.75. The Balaban J connectivity index is 2.07. The third kappa shape index (κ3) is 4.22. The Bertz CT molecular complexity index is 393. The molecule has 2 N–H and O–H groups in total. The van der Waals surface area contributed by atoms with Crippen molar-refractivity contribution in [1.82, 2.24) is 15.0 Å². The van der Waals surface area contributed by atoms with Crippen LogP contribution in [-0.4, -0.2) is 34.1 Å². The standard InChI is InChI=1S/C13H23N5O/c1-3-9-14-11-16-12(15-10-7-5-6-8-10)18-13(17-11)19-4-2/h10H,3-9H2,1-2H3,(H2,14,15,16,17,18). The van der Waals surface area contributed by atoms with Gasteiger partial charge in [0.1, 0.15) is 0 Å². The Morgan fingerprint density at radius 3 is 2.53 bits per heavy atom. The zero-order valence-corrected chi connectivity index (χ0v) is 11.8. The SMILES string of the molecule is CCCNc1nc(NC2CCCC2)nc(OCC)n1. The molecular formula is C13H23N5O. The van der Waals surface area contributed by atoms with Gasteiger partial charge in [0.15, 0.2) is 0 Å². The quantitative estimate of drug-likeness (QED) is 0.789. The van der Waals surface area contributed by atoms with E-state index in [0.717, 1.165) is 13.0 Å². The predicted molar refractivity (Wildman–Crippen MR) is 75.7 cm³/mol. The van der Waals surface area contributed by atoms with Gasteiger partial charge in [0, 0.05) is 12.6 Å². The molecule has 0 spiro atoms. The summed E-state index contributed by atoms with van der Waals surface area (Å²) in [5.41, 5.74) is 0. The number of hydrogen-bond donors (Lipinski definition) is 2. The molecule has 2 rings (SSSR count). The summed E-state index contributed by atoms with van der Waals surface area (Å²) >= 11 is 0. The van der Waals surface area contributed by atoms with Crippen molar-refractivity contribution in [3.63, 3.8) is 0 Å². The minimum Gasteiger partial charge on any atom is -0.464 e. The third-order valence-electron chi connectivity index (χ3n) is 3.11. The molecule has 1 aromatic heterocycles. The molecule has 19 heavy (non-hydrogen) atoms. The molecule has 6 nitrogen and oxygen atoms in total. The molecule has 0 aromatic carbocycles. The summed E-state index contributed by atoms with van der Waals surface area (Å²) in [6.07, 6.45) is 5.96. The van der Waals surface area contributed by atoms with Gasteiger partial charge in [-0.1, -0.05) is 19.8 Å². The highest BCUT2D eigenvalue weighted by molar-refractivity contribution is 5.36. The molecule has 1 fully saturated rings.